The molecule has 3 aromatic rings. The van der Waals surface area contributed by atoms with E-state index in [1.54, 1.807) is 11.3 Å². The molecule has 0 aliphatic rings. The number of thiophene rings is 1. The molecule has 0 fully saturated rings. The van der Waals surface area contributed by atoms with Crippen LogP contribution in [0.4, 0.5) is 11.9 Å². The lowest BCUT2D eigenvalue weighted by Gasteiger charge is -2.06. The van der Waals surface area contributed by atoms with Crippen LogP contribution in [0.25, 0.3) is 10.7 Å². The maximum atomic E-state index is 5.57. The molecule has 0 unspecified atom stereocenters. The van der Waals surface area contributed by atoms with Crippen molar-refractivity contribution in [2.75, 3.05) is 11.5 Å². The Balaban J connectivity index is 1.81. The van der Waals surface area contributed by atoms with E-state index in [9.17, 15) is 0 Å². The monoisotopic (exact) mass is 334 g/mol. The largest absolute Gasteiger partial charge is 0.368 e. The second-order valence-corrected chi connectivity index (χ2v) is 6.17. The Kier molecular flexibility index (Phi) is 4.20. The van der Waals surface area contributed by atoms with E-state index in [2.05, 4.69) is 36.6 Å². The van der Waals surface area contributed by atoms with Crippen LogP contribution in [-0.2, 0) is 12.3 Å². The molecule has 8 nitrogen and oxygen atoms in total. The highest BCUT2D eigenvalue weighted by atomic mass is 32.2. The Labute approximate surface area is 135 Å². The SMILES string of the molecule is CCn1c(SCc2nc(N)nc(N)n2)nnc1-c1cccs1. The minimum absolute atomic E-state index is 0.124. The highest BCUT2D eigenvalue weighted by Crippen LogP contribution is 2.28. The second kappa shape index (κ2) is 6.28. The number of thioether (sulfide) groups is 1. The van der Waals surface area contributed by atoms with Crippen LogP contribution in [0.3, 0.4) is 0 Å². The van der Waals surface area contributed by atoms with Gasteiger partial charge < -0.3 is 16.0 Å². The average molecular weight is 334 g/mol. The quantitative estimate of drug-likeness (QED) is 0.676. The summed E-state index contributed by atoms with van der Waals surface area (Å²) in [5.41, 5.74) is 11.1. The van der Waals surface area contributed by atoms with Gasteiger partial charge in [0.1, 0.15) is 5.82 Å². The fourth-order valence-electron chi connectivity index (χ4n) is 1.92. The van der Waals surface area contributed by atoms with Crippen LogP contribution < -0.4 is 11.5 Å². The van der Waals surface area contributed by atoms with Gasteiger partial charge in [-0.25, -0.2) is 0 Å². The molecule has 0 aliphatic carbocycles. The van der Waals surface area contributed by atoms with Gasteiger partial charge in [0.15, 0.2) is 11.0 Å². The van der Waals surface area contributed by atoms with E-state index in [-0.39, 0.29) is 11.9 Å². The van der Waals surface area contributed by atoms with Crippen LogP contribution >= 0.6 is 23.1 Å². The van der Waals surface area contributed by atoms with Crippen LogP contribution in [0, 0.1) is 0 Å². The molecule has 22 heavy (non-hydrogen) atoms. The van der Waals surface area contributed by atoms with E-state index in [0.717, 1.165) is 22.4 Å². The lowest BCUT2D eigenvalue weighted by Crippen LogP contribution is -2.06. The zero-order valence-electron chi connectivity index (χ0n) is 11.8. The molecule has 0 radical (unpaired) electrons. The predicted molar refractivity (Wildman–Crippen MR) is 87.2 cm³/mol. The van der Waals surface area contributed by atoms with Crippen LogP contribution in [-0.4, -0.2) is 29.7 Å². The Hall–Kier alpha value is -2.20. The van der Waals surface area contributed by atoms with Crippen molar-refractivity contribution >= 4 is 35.0 Å². The van der Waals surface area contributed by atoms with E-state index in [4.69, 9.17) is 11.5 Å². The Bertz CT molecular complexity index is 747. The van der Waals surface area contributed by atoms with E-state index >= 15 is 0 Å². The van der Waals surface area contributed by atoms with Gasteiger partial charge in [-0.1, -0.05) is 17.8 Å². The van der Waals surface area contributed by atoms with Crippen molar-refractivity contribution in [3.8, 4) is 10.7 Å². The van der Waals surface area contributed by atoms with E-state index in [1.807, 2.05) is 17.5 Å². The van der Waals surface area contributed by atoms with Crippen LogP contribution in [0.2, 0.25) is 0 Å². The number of nitrogens with zero attached hydrogens (tertiary/aromatic N) is 6. The number of nitrogens with two attached hydrogens (primary N) is 2. The Morgan fingerprint density at radius 2 is 1.95 bits per heavy atom. The first-order chi connectivity index (χ1) is 10.7. The van der Waals surface area contributed by atoms with Gasteiger partial charge in [-0.2, -0.15) is 15.0 Å². The molecule has 10 heteroatoms. The molecule has 0 spiro atoms. The zero-order valence-corrected chi connectivity index (χ0v) is 13.4. The number of nitrogen functional groups attached to an aromatic ring is 2. The number of aromatic nitrogens is 6. The number of hydrogen-bond donors (Lipinski definition) is 2. The average Bonchev–Trinajstić information content (AvgIpc) is 3.12. The fraction of sp³-hybridized carbons (Fsp3) is 0.250. The summed E-state index contributed by atoms with van der Waals surface area (Å²) >= 11 is 3.13. The third kappa shape index (κ3) is 3.02. The molecular weight excluding hydrogens is 320 g/mol. The van der Waals surface area contributed by atoms with Crippen molar-refractivity contribution in [3.05, 3.63) is 23.3 Å². The standard InChI is InChI=1S/C12H14N8S2/c1-2-20-9(7-4-3-5-21-7)18-19-12(20)22-6-8-15-10(13)17-11(14)16-8/h3-5H,2,6H2,1H3,(H4,13,14,15,16,17). The lowest BCUT2D eigenvalue weighted by molar-refractivity contribution is 0.687. The van der Waals surface area contributed by atoms with Crippen LogP contribution in [0.5, 0.6) is 0 Å². The van der Waals surface area contributed by atoms with Gasteiger partial charge in [0, 0.05) is 6.54 Å². The molecule has 0 saturated heterocycles. The highest BCUT2D eigenvalue weighted by Gasteiger charge is 2.14. The van der Waals surface area contributed by atoms with Gasteiger partial charge in [0.2, 0.25) is 11.9 Å². The first-order valence-corrected chi connectivity index (χ1v) is 8.39. The summed E-state index contributed by atoms with van der Waals surface area (Å²) in [6.07, 6.45) is 0. The number of rotatable bonds is 5. The topological polar surface area (TPSA) is 121 Å². The molecular formula is C12H14N8S2. The zero-order chi connectivity index (χ0) is 15.5. The molecule has 3 aromatic heterocycles. The Morgan fingerprint density at radius 3 is 2.59 bits per heavy atom. The van der Waals surface area contributed by atoms with Gasteiger partial charge in [-0.15, -0.1) is 21.5 Å². The van der Waals surface area contributed by atoms with Crippen molar-refractivity contribution in [2.24, 2.45) is 0 Å². The predicted octanol–water partition coefficient (Wildman–Crippen LogP) is 1.67. The van der Waals surface area contributed by atoms with Gasteiger partial charge in [0.05, 0.1) is 10.6 Å². The summed E-state index contributed by atoms with van der Waals surface area (Å²) < 4.78 is 2.06. The summed E-state index contributed by atoms with van der Waals surface area (Å²) in [4.78, 5) is 13.0. The van der Waals surface area contributed by atoms with E-state index in [1.165, 1.54) is 11.8 Å². The molecule has 3 rings (SSSR count). The fourth-order valence-corrected chi connectivity index (χ4v) is 3.49. The van der Waals surface area contributed by atoms with Crippen molar-refractivity contribution in [3.63, 3.8) is 0 Å². The lowest BCUT2D eigenvalue weighted by atomic mass is 10.4. The Morgan fingerprint density at radius 1 is 1.18 bits per heavy atom. The highest BCUT2D eigenvalue weighted by molar-refractivity contribution is 7.98. The molecule has 0 bridgehead atoms. The van der Waals surface area contributed by atoms with Crippen molar-refractivity contribution in [2.45, 2.75) is 24.4 Å². The van der Waals surface area contributed by atoms with Crippen LogP contribution in [0.1, 0.15) is 12.7 Å². The van der Waals surface area contributed by atoms with Crippen LogP contribution in [0.15, 0.2) is 22.7 Å². The van der Waals surface area contributed by atoms with E-state index < -0.39 is 0 Å². The number of anilines is 2. The summed E-state index contributed by atoms with van der Waals surface area (Å²) in [5.74, 6) is 2.14. The molecule has 0 saturated carbocycles. The normalized spacial score (nSPS) is 11.0. The van der Waals surface area contributed by atoms with Crippen molar-refractivity contribution in [1.29, 1.82) is 0 Å². The smallest absolute Gasteiger partial charge is 0.225 e. The molecule has 3 heterocycles. The molecule has 0 aliphatic heterocycles. The van der Waals surface area contributed by atoms with Gasteiger partial charge in [-0.3, -0.25) is 0 Å². The van der Waals surface area contributed by atoms with Gasteiger partial charge >= 0.3 is 0 Å². The summed E-state index contributed by atoms with van der Waals surface area (Å²) in [6, 6.07) is 4.03. The van der Waals surface area contributed by atoms with Gasteiger partial charge in [-0.05, 0) is 18.4 Å². The van der Waals surface area contributed by atoms with Gasteiger partial charge in [0.25, 0.3) is 0 Å². The molecule has 0 aromatic carbocycles. The maximum Gasteiger partial charge on any atom is 0.225 e. The first kappa shape index (κ1) is 14.7. The number of hydrogen-bond acceptors (Lipinski definition) is 9. The summed E-state index contributed by atoms with van der Waals surface area (Å²) in [7, 11) is 0. The molecule has 114 valence electrons. The third-order valence-electron chi connectivity index (χ3n) is 2.82. The van der Waals surface area contributed by atoms with E-state index in [0.29, 0.717) is 11.6 Å². The molecule has 0 amide bonds. The van der Waals surface area contributed by atoms with Crippen molar-refractivity contribution in [1.82, 2.24) is 29.7 Å². The maximum absolute atomic E-state index is 5.57. The van der Waals surface area contributed by atoms with Crippen molar-refractivity contribution < 1.29 is 0 Å². The summed E-state index contributed by atoms with van der Waals surface area (Å²) in [5, 5.41) is 11.4. The first-order valence-electron chi connectivity index (χ1n) is 6.53. The second-order valence-electron chi connectivity index (χ2n) is 4.28. The third-order valence-corrected chi connectivity index (χ3v) is 4.65. The minimum Gasteiger partial charge on any atom is -0.368 e. The molecule has 0 atom stereocenters. The summed E-state index contributed by atoms with van der Waals surface area (Å²) in [6.45, 7) is 2.84. The minimum atomic E-state index is 0.124. The molecule has 4 N–H and O–H groups in total.